The van der Waals surface area contributed by atoms with Crippen LogP contribution in [0.4, 0.5) is 0 Å². The molecule has 6 heteroatoms. The average molecular weight is 287 g/mol. The molecule has 0 aliphatic rings. The van der Waals surface area contributed by atoms with E-state index in [1.165, 1.54) is 10.7 Å². The Balaban J connectivity index is 1.89. The lowest BCUT2D eigenvalue weighted by molar-refractivity contribution is -0.513. The molecule has 108 valence electrons. The maximum atomic E-state index is 10.4. The molecule has 0 N–H and O–H groups in total. The molecule has 0 saturated carbocycles. The van der Waals surface area contributed by atoms with Crippen molar-refractivity contribution < 1.29 is 23.0 Å². The first-order chi connectivity index (χ1) is 10.2. The van der Waals surface area contributed by atoms with E-state index >= 15 is 0 Å². The van der Waals surface area contributed by atoms with Crippen LogP contribution in [0.1, 0.15) is 23.0 Å². The van der Waals surface area contributed by atoms with Gasteiger partial charge in [0.2, 0.25) is 12.6 Å². The fraction of sp³-hybridized carbons (Fsp3) is 0.333. The van der Waals surface area contributed by atoms with Gasteiger partial charge in [-0.1, -0.05) is 0 Å². The van der Waals surface area contributed by atoms with Crippen LogP contribution in [0, 0.1) is 0 Å². The van der Waals surface area contributed by atoms with Gasteiger partial charge in [0.25, 0.3) is 0 Å². The summed E-state index contributed by atoms with van der Waals surface area (Å²) in [6.07, 6.45) is 4.63. The molecule has 2 aromatic rings. The third-order valence-corrected chi connectivity index (χ3v) is 2.90. The Morgan fingerprint density at radius 1 is 1.00 bits per heavy atom. The Bertz CT molecular complexity index is 701. The molecule has 2 rings (SSSR count). The Kier molecular flexibility index (Phi) is 5.04. The van der Waals surface area contributed by atoms with E-state index < -0.39 is 0 Å². The highest BCUT2D eigenvalue weighted by atomic mass is 16.3. The number of isocyanates is 2. The summed E-state index contributed by atoms with van der Waals surface area (Å²) in [5.41, 5.74) is 0. The minimum absolute atomic E-state index is 0.211. The molecule has 0 atom stereocenters. The van der Waals surface area contributed by atoms with Gasteiger partial charge in [0.05, 0.1) is 0 Å². The molecule has 0 saturated heterocycles. The number of aryl methyl sites for hydroxylation is 2. The molecule has 0 amide bonds. The molecule has 0 spiro atoms. The second-order valence-corrected chi connectivity index (χ2v) is 4.59. The molecule has 0 aromatic carbocycles. The molecule has 21 heavy (non-hydrogen) atoms. The summed E-state index contributed by atoms with van der Waals surface area (Å²) in [6.45, 7) is 0.612. The largest absolute Gasteiger partial charge is 0.464 e. The van der Waals surface area contributed by atoms with Gasteiger partial charge in [-0.2, -0.15) is 9.79 Å². The number of hydrogen-bond donors (Lipinski definition) is 0. The van der Waals surface area contributed by atoms with E-state index in [4.69, 9.17) is 8.83 Å². The van der Waals surface area contributed by atoms with Crippen molar-refractivity contribution in [2.75, 3.05) is 7.05 Å². The predicted molar refractivity (Wildman–Crippen MR) is 72.2 cm³/mol. The molecule has 2 heterocycles. The highest BCUT2D eigenvalue weighted by molar-refractivity contribution is 5.33. The summed E-state index contributed by atoms with van der Waals surface area (Å²) >= 11 is 0. The summed E-state index contributed by atoms with van der Waals surface area (Å²) in [6, 6.07) is 7.37. The van der Waals surface area contributed by atoms with E-state index in [1.54, 1.807) is 19.2 Å². The van der Waals surface area contributed by atoms with Crippen LogP contribution in [0.3, 0.4) is 0 Å². The minimum Gasteiger partial charge on any atom is -0.464 e. The van der Waals surface area contributed by atoms with E-state index in [2.05, 4.69) is 4.99 Å². The van der Waals surface area contributed by atoms with Crippen LogP contribution in [0.25, 0.3) is 0 Å². The highest BCUT2D eigenvalue weighted by Crippen LogP contribution is 2.14. The number of furan rings is 2. The molecule has 0 aliphatic carbocycles. The van der Waals surface area contributed by atoms with Crippen molar-refractivity contribution in [3.8, 4) is 0 Å². The summed E-state index contributed by atoms with van der Waals surface area (Å²) in [5.74, 6) is 2.99. The van der Waals surface area contributed by atoms with E-state index in [1.807, 2.05) is 18.2 Å². The third-order valence-electron chi connectivity index (χ3n) is 2.90. The second kappa shape index (κ2) is 7.20. The van der Waals surface area contributed by atoms with Crippen LogP contribution >= 0.6 is 0 Å². The van der Waals surface area contributed by atoms with Crippen molar-refractivity contribution in [3.05, 3.63) is 47.3 Å². The van der Waals surface area contributed by atoms with E-state index in [0.717, 1.165) is 17.3 Å². The first-order valence-corrected chi connectivity index (χ1v) is 6.49. The first kappa shape index (κ1) is 14.7. The zero-order chi connectivity index (χ0) is 15.1. The molecule has 0 unspecified atom stereocenters. The fourth-order valence-electron chi connectivity index (χ4n) is 1.91. The monoisotopic (exact) mass is 287 g/mol. The Hall–Kier alpha value is -2.68. The molecular weight excluding hydrogens is 272 g/mol. The van der Waals surface area contributed by atoms with Crippen molar-refractivity contribution in [2.45, 2.75) is 25.9 Å². The minimum atomic E-state index is 0.211. The highest BCUT2D eigenvalue weighted by Gasteiger charge is 2.08. The third kappa shape index (κ3) is 4.42. The standard InChI is InChI=1S/C15H15N2O4/c1-17(11-19)9-15-7-5-13(21-15)3-2-12-4-6-14(20-12)8-16-10-18/h4-7H,2-3,8-9H2,1H3/q+1. The van der Waals surface area contributed by atoms with Gasteiger partial charge in [0, 0.05) is 12.8 Å². The van der Waals surface area contributed by atoms with Crippen LogP contribution in [-0.4, -0.2) is 23.8 Å². The maximum Gasteiger partial charge on any atom is 0.424 e. The Morgan fingerprint density at radius 2 is 1.57 bits per heavy atom. The quantitative estimate of drug-likeness (QED) is 0.443. The zero-order valence-corrected chi connectivity index (χ0v) is 11.7. The number of nitrogens with zero attached hydrogens (tertiary/aromatic N) is 2. The van der Waals surface area contributed by atoms with Crippen LogP contribution in [-0.2, 0) is 35.5 Å². The second-order valence-electron chi connectivity index (χ2n) is 4.59. The van der Waals surface area contributed by atoms with Crippen molar-refractivity contribution in [1.82, 2.24) is 0 Å². The normalized spacial score (nSPS) is 9.95. The summed E-state index contributed by atoms with van der Waals surface area (Å²) in [7, 11) is 1.64. The van der Waals surface area contributed by atoms with Crippen LogP contribution in [0.5, 0.6) is 0 Å². The van der Waals surface area contributed by atoms with Crippen molar-refractivity contribution >= 4 is 12.2 Å². The van der Waals surface area contributed by atoms with Gasteiger partial charge in [-0.25, -0.2) is 4.79 Å². The topological polar surface area (TPSA) is 75.8 Å². The van der Waals surface area contributed by atoms with Crippen molar-refractivity contribution in [3.63, 3.8) is 0 Å². The van der Waals surface area contributed by atoms with Crippen molar-refractivity contribution in [1.29, 1.82) is 0 Å². The lowest BCUT2D eigenvalue weighted by Crippen LogP contribution is -2.02. The lowest BCUT2D eigenvalue weighted by atomic mass is 10.2. The zero-order valence-electron chi connectivity index (χ0n) is 11.7. The first-order valence-electron chi connectivity index (χ1n) is 6.49. The van der Waals surface area contributed by atoms with E-state index in [9.17, 15) is 9.59 Å². The van der Waals surface area contributed by atoms with Gasteiger partial charge in [0.1, 0.15) is 30.9 Å². The number of carbonyl (C=O) groups excluding carboxylic acids is 2. The van der Waals surface area contributed by atoms with Gasteiger partial charge < -0.3 is 8.83 Å². The Labute approximate surface area is 121 Å². The van der Waals surface area contributed by atoms with Gasteiger partial charge in [-0.15, -0.1) is 4.58 Å². The van der Waals surface area contributed by atoms with Crippen molar-refractivity contribution in [2.24, 2.45) is 4.99 Å². The molecule has 6 nitrogen and oxygen atoms in total. The number of hydrogen-bond acceptors (Lipinski definition) is 5. The van der Waals surface area contributed by atoms with E-state index in [-0.39, 0.29) is 6.54 Å². The lowest BCUT2D eigenvalue weighted by Gasteiger charge is -1.95. The molecule has 0 radical (unpaired) electrons. The van der Waals surface area contributed by atoms with Crippen LogP contribution in [0.15, 0.2) is 38.1 Å². The smallest absolute Gasteiger partial charge is 0.424 e. The average Bonchev–Trinajstić information content (AvgIpc) is 3.12. The molecule has 0 aliphatic heterocycles. The molecule has 0 fully saturated rings. The Morgan fingerprint density at radius 3 is 2.19 bits per heavy atom. The molecule has 0 bridgehead atoms. The fourth-order valence-corrected chi connectivity index (χ4v) is 1.91. The predicted octanol–water partition coefficient (Wildman–Crippen LogP) is 1.97. The SMILES string of the molecule is C[N+](=C=O)Cc1ccc(CCc2ccc(CN=C=O)o2)o1. The summed E-state index contributed by atoms with van der Waals surface area (Å²) < 4.78 is 12.5. The summed E-state index contributed by atoms with van der Waals surface area (Å²) in [4.78, 5) is 23.9. The number of rotatable bonds is 7. The van der Waals surface area contributed by atoms with Gasteiger partial charge in [-0.05, 0) is 24.3 Å². The summed E-state index contributed by atoms with van der Waals surface area (Å²) in [5, 5.41) is 0. The van der Waals surface area contributed by atoms with Crippen LogP contribution < -0.4 is 0 Å². The molecular formula is C15H15N2O4+. The van der Waals surface area contributed by atoms with Crippen LogP contribution in [0.2, 0.25) is 0 Å². The van der Waals surface area contributed by atoms with Gasteiger partial charge in [0.15, 0.2) is 5.76 Å². The maximum absolute atomic E-state index is 10.4. The van der Waals surface area contributed by atoms with Gasteiger partial charge in [-0.3, -0.25) is 0 Å². The number of aliphatic imine (C=N–C) groups is 1. The van der Waals surface area contributed by atoms with Gasteiger partial charge >= 0.3 is 6.08 Å². The van der Waals surface area contributed by atoms with E-state index in [0.29, 0.717) is 25.1 Å². The molecule has 2 aromatic heterocycles.